The summed E-state index contributed by atoms with van der Waals surface area (Å²) in [6.45, 7) is 1.67. The molecule has 1 amide bonds. The van der Waals surface area contributed by atoms with Crippen molar-refractivity contribution in [2.45, 2.75) is 13.0 Å². The van der Waals surface area contributed by atoms with Crippen LogP contribution in [-0.4, -0.2) is 12.0 Å². The lowest BCUT2D eigenvalue weighted by atomic mass is 10.1. The van der Waals surface area contributed by atoms with Crippen molar-refractivity contribution in [2.24, 2.45) is 0 Å². The summed E-state index contributed by atoms with van der Waals surface area (Å²) in [4.78, 5) is 12.2. The fourth-order valence-electron chi connectivity index (χ4n) is 2.39. The smallest absolute Gasteiger partial charge is 0.265 e. The second-order valence-corrected chi connectivity index (χ2v) is 5.65. The quantitative estimate of drug-likeness (QED) is 0.720. The van der Waals surface area contributed by atoms with Crippen molar-refractivity contribution in [2.75, 3.05) is 5.32 Å². The number of carbonyl (C=O) groups is 1. The Morgan fingerprint density at radius 1 is 0.880 bits per heavy atom. The molecule has 4 heteroatoms. The molecular formula is C21H18FNO2. The van der Waals surface area contributed by atoms with E-state index >= 15 is 0 Å². The average molecular weight is 335 g/mol. The standard InChI is InChI=1S/C21H18FNO2/c1-15(21(24)23-19-11-9-18(22)10-12-19)25-20-13-7-17(8-14-20)16-5-3-2-4-6-16/h2-15H,1H3,(H,23,24)/t15-/m0/s1. The predicted octanol–water partition coefficient (Wildman–Crippen LogP) is 4.90. The SMILES string of the molecule is C[C@H](Oc1ccc(-c2ccccc2)cc1)C(=O)Nc1ccc(F)cc1. The number of hydrogen-bond donors (Lipinski definition) is 1. The molecule has 0 bridgehead atoms. The summed E-state index contributed by atoms with van der Waals surface area (Å²) in [5.41, 5.74) is 2.73. The Morgan fingerprint density at radius 2 is 1.48 bits per heavy atom. The van der Waals surface area contributed by atoms with Gasteiger partial charge in [-0.25, -0.2) is 4.39 Å². The van der Waals surface area contributed by atoms with E-state index in [0.717, 1.165) is 11.1 Å². The van der Waals surface area contributed by atoms with Crippen LogP contribution in [0.3, 0.4) is 0 Å². The minimum atomic E-state index is -0.673. The van der Waals surface area contributed by atoms with E-state index < -0.39 is 6.10 Å². The first-order valence-electron chi connectivity index (χ1n) is 8.00. The number of benzene rings is 3. The van der Waals surface area contributed by atoms with Gasteiger partial charge < -0.3 is 10.1 Å². The molecule has 0 spiro atoms. The van der Waals surface area contributed by atoms with Crippen molar-refractivity contribution in [1.82, 2.24) is 0 Å². The molecule has 0 heterocycles. The fraction of sp³-hybridized carbons (Fsp3) is 0.0952. The van der Waals surface area contributed by atoms with E-state index in [1.165, 1.54) is 24.3 Å². The molecule has 0 fully saturated rings. The minimum absolute atomic E-state index is 0.293. The van der Waals surface area contributed by atoms with E-state index in [-0.39, 0.29) is 11.7 Å². The van der Waals surface area contributed by atoms with Crippen molar-refractivity contribution in [3.05, 3.63) is 84.7 Å². The molecule has 3 aromatic rings. The Bertz CT molecular complexity index is 830. The first-order valence-corrected chi connectivity index (χ1v) is 8.00. The number of rotatable bonds is 5. The fourth-order valence-corrected chi connectivity index (χ4v) is 2.39. The maximum absolute atomic E-state index is 12.9. The highest BCUT2D eigenvalue weighted by atomic mass is 19.1. The molecule has 3 nitrogen and oxygen atoms in total. The molecule has 0 radical (unpaired) electrons. The maximum atomic E-state index is 12.9. The van der Waals surface area contributed by atoms with Gasteiger partial charge in [0.15, 0.2) is 6.10 Å². The van der Waals surface area contributed by atoms with E-state index in [1.54, 1.807) is 6.92 Å². The van der Waals surface area contributed by atoms with Gasteiger partial charge in [0.1, 0.15) is 11.6 Å². The zero-order valence-electron chi connectivity index (χ0n) is 13.8. The lowest BCUT2D eigenvalue weighted by Crippen LogP contribution is -2.30. The highest BCUT2D eigenvalue weighted by Crippen LogP contribution is 2.22. The van der Waals surface area contributed by atoms with E-state index in [1.807, 2.05) is 54.6 Å². The molecule has 25 heavy (non-hydrogen) atoms. The Balaban J connectivity index is 1.61. The first-order chi connectivity index (χ1) is 12.1. The van der Waals surface area contributed by atoms with E-state index in [2.05, 4.69) is 5.32 Å². The van der Waals surface area contributed by atoms with Gasteiger partial charge in [0.25, 0.3) is 5.91 Å². The highest BCUT2D eigenvalue weighted by Gasteiger charge is 2.15. The van der Waals surface area contributed by atoms with Gasteiger partial charge in [0, 0.05) is 5.69 Å². The van der Waals surface area contributed by atoms with Crippen LogP contribution in [0.1, 0.15) is 6.92 Å². The van der Waals surface area contributed by atoms with Gasteiger partial charge in [-0.3, -0.25) is 4.79 Å². The van der Waals surface area contributed by atoms with Gasteiger partial charge in [0.05, 0.1) is 0 Å². The lowest BCUT2D eigenvalue weighted by Gasteiger charge is -2.15. The zero-order valence-corrected chi connectivity index (χ0v) is 13.8. The second-order valence-electron chi connectivity index (χ2n) is 5.65. The van der Waals surface area contributed by atoms with E-state index in [4.69, 9.17) is 4.74 Å². The molecule has 1 N–H and O–H groups in total. The normalized spacial score (nSPS) is 11.6. The molecule has 3 rings (SSSR count). The van der Waals surface area contributed by atoms with Gasteiger partial charge in [-0.2, -0.15) is 0 Å². The van der Waals surface area contributed by atoms with Crippen LogP contribution in [0.2, 0.25) is 0 Å². The van der Waals surface area contributed by atoms with Crippen LogP contribution in [0.5, 0.6) is 5.75 Å². The van der Waals surface area contributed by atoms with Crippen LogP contribution in [0.4, 0.5) is 10.1 Å². The predicted molar refractivity (Wildman–Crippen MR) is 97.0 cm³/mol. The van der Waals surface area contributed by atoms with Crippen molar-refractivity contribution in [3.8, 4) is 16.9 Å². The molecule has 0 aliphatic rings. The van der Waals surface area contributed by atoms with Crippen LogP contribution in [0.15, 0.2) is 78.9 Å². The van der Waals surface area contributed by atoms with Gasteiger partial charge in [-0.1, -0.05) is 42.5 Å². The Morgan fingerprint density at radius 3 is 2.12 bits per heavy atom. The van der Waals surface area contributed by atoms with Crippen LogP contribution >= 0.6 is 0 Å². The molecular weight excluding hydrogens is 317 g/mol. The molecule has 1 atom stereocenters. The third-order valence-corrected chi connectivity index (χ3v) is 3.76. The highest BCUT2D eigenvalue weighted by molar-refractivity contribution is 5.94. The van der Waals surface area contributed by atoms with Crippen LogP contribution in [0.25, 0.3) is 11.1 Å². The topological polar surface area (TPSA) is 38.3 Å². The number of nitrogens with one attached hydrogen (secondary N) is 1. The third-order valence-electron chi connectivity index (χ3n) is 3.76. The Hall–Kier alpha value is -3.14. The maximum Gasteiger partial charge on any atom is 0.265 e. The van der Waals surface area contributed by atoms with Crippen LogP contribution < -0.4 is 10.1 Å². The number of ether oxygens (including phenoxy) is 1. The monoisotopic (exact) mass is 335 g/mol. The molecule has 0 aliphatic carbocycles. The largest absolute Gasteiger partial charge is 0.481 e. The number of halogens is 1. The number of hydrogen-bond acceptors (Lipinski definition) is 2. The number of carbonyl (C=O) groups excluding carboxylic acids is 1. The summed E-state index contributed by atoms with van der Waals surface area (Å²) in [6.07, 6.45) is -0.673. The van der Waals surface area contributed by atoms with Crippen molar-refractivity contribution in [1.29, 1.82) is 0 Å². The summed E-state index contributed by atoms with van der Waals surface area (Å²) in [5.74, 6) is -0.0269. The first kappa shape index (κ1) is 16.7. The van der Waals surface area contributed by atoms with Crippen molar-refractivity contribution < 1.29 is 13.9 Å². The minimum Gasteiger partial charge on any atom is -0.481 e. The summed E-state index contributed by atoms with van der Waals surface area (Å²) >= 11 is 0. The lowest BCUT2D eigenvalue weighted by molar-refractivity contribution is -0.122. The van der Waals surface area contributed by atoms with Gasteiger partial charge in [-0.05, 0) is 54.4 Å². The van der Waals surface area contributed by atoms with Crippen LogP contribution in [-0.2, 0) is 4.79 Å². The number of anilines is 1. The van der Waals surface area contributed by atoms with Crippen LogP contribution in [0, 0.1) is 5.82 Å². The van der Waals surface area contributed by atoms with Gasteiger partial charge >= 0.3 is 0 Å². The van der Waals surface area contributed by atoms with Crippen molar-refractivity contribution >= 4 is 11.6 Å². The Labute approximate surface area is 146 Å². The molecule has 0 saturated heterocycles. The van der Waals surface area contributed by atoms with E-state index in [0.29, 0.717) is 11.4 Å². The average Bonchev–Trinajstić information content (AvgIpc) is 2.65. The molecule has 0 saturated carbocycles. The van der Waals surface area contributed by atoms with Gasteiger partial charge in [-0.15, -0.1) is 0 Å². The molecule has 3 aromatic carbocycles. The summed E-state index contributed by atoms with van der Waals surface area (Å²) in [7, 11) is 0. The van der Waals surface area contributed by atoms with E-state index in [9.17, 15) is 9.18 Å². The molecule has 0 aromatic heterocycles. The molecule has 126 valence electrons. The Kier molecular flexibility index (Phi) is 5.09. The molecule has 0 aliphatic heterocycles. The zero-order chi connectivity index (χ0) is 17.6. The summed E-state index contributed by atoms with van der Waals surface area (Å²) in [5, 5.41) is 2.70. The van der Waals surface area contributed by atoms with Gasteiger partial charge in [0.2, 0.25) is 0 Å². The summed E-state index contributed by atoms with van der Waals surface area (Å²) < 4.78 is 18.6. The second kappa shape index (κ2) is 7.62. The summed E-state index contributed by atoms with van der Waals surface area (Å²) in [6, 6.07) is 23.2. The number of amides is 1. The molecule has 0 unspecified atom stereocenters. The van der Waals surface area contributed by atoms with Crippen molar-refractivity contribution in [3.63, 3.8) is 0 Å². The third kappa shape index (κ3) is 4.44.